The molecule has 0 spiro atoms. The fraction of sp³-hybridized carbons (Fsp3) is 0.231. The largest absolute Gasteiger partial charge is 0.384 e. The summed E-state index contributed by atoms with van der Waals surface area (Å²) in [5, 5.41) is 13.2. The van der Waals surface area contributed by atoms with Crippen LogP contribution in [0.3, 0.4) is 0 Å². The van der Waals surface area contributed by atoms with Crippen LogP contribution in [0.25, 0.3) is 10.9 Å². The molecule has 1 aromatic carbocycles. The van der Waals surface area contributed by atoms with Crippen LogP contribution in [0.5, 0.6) is 0 Å². The fourth-order valence-electron chi connectivity index (χ4n) is 1.63. The van der Waals surface area contributed by atoms with Crippen LogP contribution in [0.4, 0.5) is 5.69 Å². The molecule has 0 amide bonds. The zero-order valence-electron chi connectivity index (χ0n) is 9.20. The van der Waals surface area contributed by atoms with E-state index in [-0.39, 0.29) is 0 Å². The number of aromatic nitrogens is 1. The predicted octanol–water partition coefficient (Wildman–Crippen LogP) is 2.93. The quantitative estimate of drug-likeness (QED) is 0.849. The first-order valence-electron chi connectivity index (χ1n) is 5.38. The standard InChI is InChI=1S/C13H13N3/c1-2-6-15-13-5-7-16-12-4-3-10(9-14)8-11(12)13/h3-5,7-8H,2,6H2,1H3,(H,15,16). The van der Waals surface area contributed by atoms with Gasteiger partial charge >= 0.3 is 0 Å². The van der Waals surface area contributed by atoms with Gasteiger partial charge in [0.2, 0.25) is 0 Å². The molecule has 1 aromatic heterocycles. The molecule has 0 radical (unpaired) electrons. The highest BCUT2D eigenvalue weighted by Crippen LogP contribution is 2.22. The molecule has 0 aliphatic rings. The lowest BCUT2D eigenvalue weighted by atomic mass is 10.1. The molecule has 0 unspecified atom stereocenters. The summed E-state index contributed by atoms with van der Waals surface area (Å²) in [6, 6.07) is 9.64. The Hall–Kier alpha value is -2.08. The average Bonchev–Trinajstić information content (AvgIpc) is 2.35. The SMILES string of the molecule is CCCNc1ccnc2ccc(C#N)cc12. The monoisotopic (exact) mass is 211 g/mol. The van der Waals surface area contributed by atoms with Gasteiger partial charge in [-0.25, -0.2) is 0 Å². The van der Waals surface area contributed by atoms with E-state index in [9.17, 15) is 0 Å². The second-order valence-electron chi connectivity index (χ2n) is 3.63. The van der Waals surface area contributed by atoms with Crippen molar-refractivity contribution in [1.82, 2.24) is 4.98 Å². The van der Waals surface area contributed by atoms with Gasteiger partial charge in [0.05, 0.1) is 17.1 Å². The van der Waals surface area contributed by atoms with Crippen molar-refractivity contribution in [2.45, 2.75) is 13.3 Å². The van der Waals surface area contributed by atoms with Crippen molar-refractivity contribution < 1.29 is 0 Å². The minimum Gasteiger partial charge on any atom is -0.384 e. The van der Waals surface area contributed by atoms with E-state index in [0.717, 1.165) is 29.6 Å². The predicted molar refractivity (Wildman–Crippen MR) is 65.2 cm³/mol. The number of benzene rings is 1. The first-order chi connectivity index (χ1) is 7.85. The van der Waals surface area contributed by atoms with Crippen LogP contribution in [-0.4, -0.2) is 11.5 Å². The average molecular weight is 211 g/mol. The van der Waals surface area contributed by atoms with E-state index in [1.165, 1.54) is 0 Å². The van der Waals surface area contributed by atoms with Crippen LogP contribution >= 0.6 is 0 Å². The molecule has 1 heterocycles. The number of pyridine rings is 1. The first-order valence-corrected chi connectivity index (χ1v) is 5.38. The second kappa shape index (κ2) is 4.63. The number of hydrogen-bond acceptors (Lipinski definition) is 3. The maximum absolute atomic E-state index is 8.87. The molecule has 16 heavy (non-hydrogen) atoms. The molecule has 0 fully saturated rings. The van der Waals surface area contributed by atoms with Gasteiger partial charge in [-0.1, -0.05) is 6.92 Å². The summed E-state index contributed by atoms with van der Waals surface area (Å²) in [5.41, 5.74) is 2.63. The zero-order chi connectivity index (χ0) is 11.4. The summed E-state index contributed by atoms with van der Waals surface area (Å²) in [4.78, 5) is 4.28. The lowest BCUT2D eigenvalue weighted by molar-refractivity contribution is 0.981. The van der Waals surface area contributed by atoms with E-state index in [1.807, 2.05) is 18.2 Å². The Bertz CT molecular complexity index is 540. The highest BCUT2D eigenvalue weighted by atomic mass is 14.9. The zero-order valence-corrected chi connectivity index (χ0v) is 9.20. The summed E-state index contributed by atoms with van der Waals surface area (Å²) >= 11 is 0. The lowest BCUT2D eigenvalue weighted by Crippen LogP contribution is -2.00. The van der Waals surface area contributed by atoms with Gasteiger partial charge in [-0.05, 0) is 30.7 Å². The molecule has 3 nitrogen and oxygen atoms in total. The van der Waals surface area contributed by atoms with Crippen molar-refractivity contribution >= 4 is 16.6 Å². The molecule has 1 N–H and O–H groups in total. The third-order valence-corrected chi connectivity index (χ3v) is 2.44. The number of nitrogens with zero attached hydrogens (tertiary/aromatic N) is 2. The van der Waals surface area contributed by atoms with Crippen LogP contribution in [0.1, 0.15) is 18.9 Å². The van der Waals surface area contributed by atoms with Crippen molar-refractivity contribution in [1.29, 1.82) is 5.26 Å². The molecule has 0 aliphatic carbocycles. The van der Waals surface area contributed by atoms with Crippen LogP contribution in [0.15, 0.2) is 30.5 Å². The van der Waals surface area contributed by atoms with Gasteiger partial charge in [0, 0.05) is 23.8 Å². The number of nitriles is 1. The minimum absolute atomic E-state index is 0.667. The minimum atomic E-state index is 0.667. The van der Waals surface area contributed by atoms with Gasteiger partial charge in [-0.2, -0.15) is 5.26 Å². The Morgan fingerprint density at radius 2 is 2.25 bits per heavy atom. The van der Waals surface area contributed by atoms with E-state index in [4.69, 9.17) is 5.26 Å². The van der Waals surface area contributed by atoms with Crippen LogP contribution in [-0.2, 0) is 0 Å². The van der Waals surface area contributed by atoms with Crippen molar-refractivity contribution in [3.63, 3.8) is 0 Å². The molecule has 0 aliphatic heterocycles. The van der Waals surface area contributed by atoms with E-state index in [1.54, 1.807) is 12.3 Å². The summed E-state index contributed by atoms with van der Waals surface area (Å²) in [6.45, 7) is 3.05. The van der Waals surface area contributed by atoms with Crippen molar-refractivity contribution in [2.75, 3.05) is 11.9 Å². The molecule has 0 saturated carbocycles. The second-order valence-corrected chi connectivity index (χ2v) is 3.63. The fourth-order valence-corrected chi connectivity index (χ4v) is 1.63. The molecule has 0 saturated heterocycles. The Balaban J connectivity index is 2.52. The van der Waals surface area contributed by atoms with Crippen molar-refractivity contribution in [3.05, 3.63) is 36.0 Å². The number of hydrogen-bond donors (Lipinski definition) is 1. The Morgan fingerprint density at radius 1 is 1.38 bits per heavy atom. The van der Waals surface area contributed by atoms with Crippen LogP contribution < -0.4 is 5.32 Å². The number of rotatable bonds is 3. The maximum Gasteiger partial charge on any atom is 0.0991 e. The van der Waals surface area contributed by atoms with E-state index >= 15 is 0 Å². The normalized spacial score (nSPS) is 10.0. The molecule has 80 valence electrons. The summed E-state index contributed by atoms with van der Waals surface area (Å²) in [6.07, 6.45) is 2.86. The summed E-state index contributed by atoms with van der Waals surface area (Å²) < 4.78 is 0. The first kappa shape index (κ1) is 10.4. The van der Waals surface area contributed by atoms with Crippen LogP contribution in [0.2, 0.25) is 0 Å². The van der Waals surface area contributed by atoms with E-state index in [2.05, 4.69) is 23.3 Å². The molecule has 0 atom stereocenters. The number of anilines is 1. The van der Waals surface area contributed by atoms with E-state index < -0.39 is 0 Å². The molecule has 2 rings (SSSR count). The Kier molecular flexibility index (Phi) is 3.02. The number of fused-ring (bicyclic) bond motifs is 1. The van der Waals surface area contributed by atoms with Gasteiger partial charge in [0.25, 0.3) is 0 Å². The number of nitrogens with one attached hydrogen (secondary N) is 1. The molecular formula is C13H13N3. The smallest absolute Gasteiger partial charge is 0.0991 e. The lowest BCUT2D eigenvalue weighted by Gasteiger charge is -2.08. The molecule has 0 bridgehead atoms. The van der Waals surface area contributed by atoms with Gasteiger partial charge < -0.3 is 5.32 Å². The maximum atomic E-state index is 8.87. The van der Waals surface area contributed by atoms with Gasteiger partial charge in [-0.15, -0.1) is 0 Å². The third kappa shape index (κ3) is 1.96. The van der Waals surface area contributed by atoms with Gasteiger partial charge in [-0.3, -0.25) is 4.98 Å². The molecule has 3 heteroatoms. The van der Waals surface area contributed by atoms with E-state index in [0.29, 0.717) is 5.56 Å². The third-order valence-electron chi connectivity index (χ3n) is 2.44. The summed E-state index contributed by atoms with van der Waals surface area (Å²) in [5.74, 6) is 0. The van der Waals surface area contributed by atoms with Gasteiger partial charge in [0.15, 0.2) is 0 Å². The van der Waals surface area contributed by atoms with Crippen LogP contribution in [0, 0.1) is 11.3 Å². The summed E-state index contributed by atoms with van der Waals surface area (Å²) in [7, 11) is 0. The molecule has 2 aromatic rings. The highest BCUT2D eigenvalue weighted by molar-refractivity contribution is 5.91. The Morgan fingerprint density at radius 3 is 3.00 bits per heavy atom. The van der Waals surface area contributed by atoms with Crippen molar-refractivity contribution in [2.24, 2.45) is 0 Å². The molecular weight excluding hydrogens is 198 g/mol. The van der Waals surface area contributed by atoms with Crippen molar-refractivity contribution in [3.8, 4) is 6.07 Å². The Labute approximate surface area is 94.7 Å². The topological polar surface area (TPSA) is 48.7 Å². The highest BCUT2D eigenvalue weighted by Gasteiger charge is 2.02. The van der Waals surface area contributed by atoms with Gasteiger partial charge in [0.1, 0.15) is 0 Å².